The number of hydrogen-bond donors (Lipinski definition) is 2. The maximum atomic E-state index is 11.4. The number of benzene rings is 3. The zero-order valence-corrected chi connectivity index (χ0v) is 20.5. The van der Waals surface area contributed by atoms with Crippen molar-refractivity contribution in [2.24, 2.45) is 0 Å². The second-order valence-corrected chi connectivity index (χ2v) is 10.3. The second-order valence-electron chi connectivity index (χ2n) is 7.30. The fourth-order valence-electron chi connectivity index (χ4n) is 3.13. The predicted molar refractivity (Wildman–Crippen MR) is 131 cm³/mol. The van der Waals surface area contributed by atoms with Crippen LogP contribution in [0.1, 0.15) is 10.4 Å². The van der Waals surface area contributed by atoms with Crippen molar-refractivity contribution < 1.29 is 25.6 Å². The largest absolute Gasteiger partial charge is 1.00 e. The summed E-state index contributed by atoms with van der Waals surface area (Å²) in [6.45, 7) is 2.54. The third-order valence-corrected chi connectivity index (χ3v) is 6.10. The molecule has 0 aliphatic carbocycles. The smallest absolute Gasteiger partial charge is 0.229 e. The number of sulfonamides is 1. The Labute approximate surface area is 204 Å². The Kier molecular flexibility index (Phi) is 7.97. The van der Waals surface area contributed by atoms with Crippen molar-refractivity contribution in [3.63, 3.8) is 0 Å². The molecule has 0 bridgehead atoms. The molecule has 4 aromatic rings. The van der Waals surface area contributed by atoms with E-state index in [-0.39, 0.29) is 12.4 Å². The lowest BCUT2D eigenvalue weighted by Crippen LogP contribution is -3.00. The van der Waals surface area contributed by atoms with Crippen molar-refractivity contribution in [2.45, 2.75) is 13.5 Å². The van der Waals surface area contributed by atoms with E-state index in [1.54, 1.807) is 23.5 Å². The Bertz CT molecular complexity index is 1290. The van der Waals surface area contributed by atoms with Gasteiger partial charge in [-0.15, -0.1) is 11.3 Å². The van der Waals surface area contributed by atoms with E-state index in [4.69, 9.17) is 9.72 Å². The molecule has 0 fully saturated rings. The van der Waals surface area contributed by atoms with Gasteiger partial charge in [0.25, 0.3) is 0 Å². The molecule has 0 saturated carbocycles. The molecule has 4 rings (SSSR count). The third-order valence-electron chi connectivity index (χ3n) is 4.61. The summed E-state index contributed by atoms with van der Waals surface area (Å²) in [4.78, 5) is 5.78. The summed E-state index contributed by atoms with van der Waals surface area (Å²) in [6, 6.07) is 25.0. The molecule has 0 aliphatic rings. The van der Waals surface area contributed by atoms with Crippen LogP contribution in [0, 0.1) is 6.92 Å². The Balaban J connectivity index is 0.00000306. The zero-order chi connectivity index (χ0) is 22.6. The SMILES string of the molecule is Cc1sc(Nc2ccc(OCc3ccccc3)cc2)nc1-c1ccc(NS(C)(=O)=O)cc1.[Cl-]. The van der Waals surface area contributed by atoms with Gasteiger partial charge in [-0.2, -0.15) is 0 Å². The van der Waals surface area contributed by atoms with Crippen LogP contribution in [0.15, 0.2) is 78.9 Å². The number of aromatic nitrogens is 1. The van der Waals surface area contributed by atoms with E-state index in [1.165, 1.54) is 0 Å². The van der Waals surface area contributed by atoms with Crippen LogP contribution in [0.2, 0.25) is 0 Å². The summed E-state index contributed by atoms with van der Waals surface area (Å²) in [5.74, 6) is 0.804. The van der Waals surface area contributed by atoms with Gasteiger partial charge in [0.15, 0.2) is 5.13 Å². The van der Waals surface area contributed by atoms with Gasteiger partial charge >= 0.3 is 0 Å². The van der Waals surface area contributed by atoms with Gasteiger partial charge in [0, 0.05) is 21.8 Å². The lowest BCUT2D eigenvalue weighted by Gasteiger charge is -2.08. The van der Waals surface area contributed by atoms with E-state index in [9.17, 15) is 8.42 Å². The number of hydrogen-bond acceptors (Lipinski definition) is 6. The van der Waals surface area contributed by atoms with Gasteiger partial charge in [-0.25, -0.2) is 13.4 Å². The number of nitrogens with zero attached hydrogens (tertiary/aromatic N) is 1. The minimum atomic E-state index is -3.30. The number of aryl methyl sites for hydroxylation is 1. The van der Waals surface area contributed by atoms with Crippen molar-refractivity contribution in [1.29, 1.82) is 0 Å². The molecule has 9 heteroatoms. The molecule has 0 spiro atoms. The van der Waals surface area contributed by atoms with Gasteiger partial charge in [0.2, 0.25) is 10.0 Å². The van der Waals surface area contributed by atoms with E-state index in [0.29, 0.717) is 12.3 Å². The topological polar surface area (TPSA) is 80.3 Å². The number of halogens is 1. The predicted octanol–water partition coefficient (Wildman–Crippen LogP) is 2.82. The third kappa shape index (κ3) is 6.95. The van der Waals surface area contributed by atoms with Gasteiger partial charge in [-0.1, -0.05) is 42.5 Å². The van der Waals surface area contributed by atoms with Gasteiger partial charge < -0.3 is 22.5 Å². The molecular formula is C24H23ClN3O3S2-. The molecule has 3 aromatic carbocycles. The normalized spacial score (nSPS) is 10.8. The average molecular weight is 501 g/mol. The molecule has 0 unspecified atom stereocenters. The second kappa shape index (κ2) is 10.7. The number of anilines is 3. The van der Waals surface area contributed by atoms with Gasteiger partial charge in [0.1, 0.15) is 12.4 Å². The van der Waals surface area contributed by atoms with E-state index < -0.39 is 10.0 Å². The average Bonchev–Trinajstić information content (AvgIpc) is 3.13. The minimum Gasteiger partial charge on any atom is -1.00 e. The molecule has 2 N–H and O–H groups in total. The van der Waals surface area contributed by atoms with Crippen molar-refractivity contribution in [3.05, 3.63) is 89.3 Å². The summed E-state index contributed by atoms with van der Waals surface area (Å²) in [5, 5.41) is 4.12. The number of rotatable bonds is 8. The molecule has 0 aliphatic heterocycles. The minimum absolute atomic E-state index is 0. The lowest BCUT2D eigenvalue weighted by molar-refractivity contribution is -0.00000922. The monoisotopic (exact) mass is 500 g/mol. The fraction of sp³-hybridized carbons (Fsp3) is 0.125. The first-order valence-corrected chi connectivity index (χ1v) is 12.7. The van der Waals surface area contributed by atoms with E-state index in [1.807, 2.05) is 73.7 Å². The first-order valence-electron chi connectivity index (χ1n) is 9.95. The molecule has 33 heavy (non-hydrogen) atoms. The Hall–Kier alpha value is -3.07. The molecule has 0 atom stereocenters. The molecule has 6 nitrogen and oxygen atoms in total. The fourth-order valence-corrected chi connectivity index (χ4v) is 4.55. The quantitative estimate of drug-likeness (QED) is 0.389. The molecule has 1 heterocycles. The Morgan fingerprint density at radius 1 is 0.909 bits per heavy atom. The molecular weight excluding hydrogens is 478 g/mol. The highest BCUT2D eigenvalue weighted by Gasteiger charge is 2.11. The number of thiazole rings is 1. The lowest BCUT2D eigenvalue weighted by atomic mass is 10.1. The van der Waals surface area contributed by atoms with Crippen LogP contribution in [0.25, 0.3) is 11.3 Å². The van der Waals surface area contributed by atoms with Crippen LogP contribution in [-0.2, 0) is 16.6 Å². The standard InChI is InChI=1S/C24H23N3O3S2.ClH/c1-17-23(19-8-10-21(11-9-19)27-32(2,28)29)26-24(31-17)25-20-12-14-22(15-13-20)30-16-18-6-4-3-5-7-18;/h3-15,27H,16H2,1-2H3,(H,25,26);1H/p-1. The van der Waals surface area contributed by atoms with E-state index >= 15 is 0 Å². The molecule has 0 radical (unpaired) electrons. The number of nitrogens with one attached hydrogen (secondary N) is 2. The van der Waals surface area contributed by atoms with Crippen LogP contribution < -0.4 is 27.2 Å². The molecule has 1 aromatic heterocycles. The number of ether oxygens (including phenoxy) is 1. The zero-order valence-electron chi connectivity index (χ0n) is 18.1. The van der Waals surface area contributed by atoms with Crippen LogP contribution in [0.5, 0.6) is 5.75 Å². The van der Waals surface area contributed by atoms with Crippen molar-refractivity contribution in [3.8, 4) is 17.0 Å². The Morgan fingerprint density at radius 2 is 1.55 bits per heavy atom. The van der Waals surface area contributed by atoms with Gasteiger partial charge in [0.05, 0.1) is 11.9 Å². The Morgan fingerprint density at radius 3 is 2.18 bits per heavy atom. The van der Waals surface area contributed by atoms with Crippen molar-refractivity contribution in [2.75, 3.05) is 16.3 Å². The van der Waals surface area contributed by atoms with E-state index in [2.05, 4.69) is 10.0 Å². The highest BCUT2D eigenvalue weighted by Crippen LogP contribution is 2.33. The van der Waals surface area contributed by atoms with Crippen molar-refractivity contribution >= 4 is 37.9 Å². The first kappa shape index (κ1) is 24.6. The van der Waals surface area contributed by atoms with Crippen LogP contribution >= 0.6 is 11.3 Å². The summed E-state index contributed by atoms with van der Waals surface area (Å²) >= 11 is 1.56. The van der Waals surface area contributed by atoms with Crippen LogP contribution in [0.4, 0.5) is 16.5 Å². The van der Waals surface area contributed by atoms with Crippen LogP contribution in [0.3, 0.4) is 0 Å². The van der Waals surface area contributed by atoms with Crippen LogP contribution in [-0.4, -0.2) is 19.7 Å². The van der Waals surface area contributed by atoms with Crippen molar-refractivity contribution in [1.82, 2.24) is 4.98 Å². The first-order chi connectivity index (χ1) is 15.4. The van der Waals surface area contributed by atoms with Gasteiger partial charge in [-0.05, 0) is 48.9 Å². The summed E-state index contributed by atoms with van der Waals surface area (Å²) in [7, 11) is -3.30. The molecule has 172 valence electrons. The summed E-state index contributed by atoms with van der Waals surface area (Å²) < 4.78 is 31.0. The maximum absolute atomic E-state index is 11.4. The van der Waals surface area contributed by atoms with E-state index in [0.717, 1.165) is 44.5 Å². The maximum Gasteiger partial charge on any atom is 0.229 e. The highest BCUT2D eigenvalue weighted by atomic mass is 35.5. The summed E-state index contributed by atoms with van der Waals surface area (Å²) in [5.41, 5.74) is 4.37. The molecule has 0 amide bonds. The highest BCUT2D eigenvalue weighted by molar-refractivity contribution is 7.92. The van der Waals surface area contributed by atoms with Gasteiger partial charge in [-0.3, -0.25) is 4.72 Å². The summed E-state index contributed by atoms with van der Waals surface area (Å²) in [6.07, 6.45) is 1.13. The molecule has 0 saturated heterocycles.